The van der Waals surface area contributed by atoms with Crippen molar-refractivity contribution in [1.82, 2.24) is 5.32 Å². The maximum Gasteiger partial charge on any atom is 0.407 e. The van der Waals surface area contributed by atoms with Gasteiger partial charge in [0.15, 0.2) is 6.10 Å². The van der Waals surface area contributed by atoms with E-state index in [0.29, 0.717) is 13.0 Å². The fraction of sp³-hybridized carbons (Fsp3) is 0.231. The molecule has 6 nitrogen and oxygen atoms in total. The van der Waals surface area contributed by atoms with Crippen LogP contribution in [0.3, 0.4) is 0 Å². The highest BCUT2D eigenvalue weighted by Gasteiger charge is 2.21. The van der Waals surface area contributed by atoms with E-state index in [4.69, 9.17) is 9.47 Å². The number of hydrogen-bond donors (Lipinski definition) is 2. The summed E-state index contributed by atoms with van der Waals surface area (Å²) in [5.41, 5.74) is 3.56. The van der Waals surface area contributed by atoms with Crippen LogP contribution in [0.25, 0.3) is 0 Å². The van der Waals surface area contributed by atoms with Gasteiger partial charge in [-0.25, -0.2) is 9.59 Å². The fourth-order valence-corrected chi connectivity index (χ4v) is 3.11. The summed E-state index contributed by atoms with van der Waals surface area (Å²) in [7, 11) is 0. The minimum atomic E-state index is -1.20. The van der Waals surface area contributed by atoms with Crippen molar-refractivity contribution in [2.45, 2.75) is 32.2 Å². The molecule has 3 aromatic rings. The average molecular weight is 434 g/mol. The molecule has 166 valence electrons. The van der Waals surface area contributed by atoms with Crippen LogP contribution in [-0.4, -0.2) is 29.8 Å². The van der Waals surface area contributed by atoms with Gasteiger partial charge in [-0.3, -0.25) is 0 Å². The molecule has 0 saturated heterocycles. The first-order valence-electron chi connectivity index (χ1n) is 10.5. The Hall–Kier alpha value is -3.64. The smallest absolute Gasteiger partial charge is 0.407 e. The van der Waals surface area contributed by atoms with Crippen LogP contribution in [-0.2, 0) is 27.3 Å². The van der Waals surface area contributed by atoms with Gasteiger partial charge in [-0.15, -0.1) is 0 Å². The SMILES string of the molecule is CC(O)C(=O)OC(c1ccccc1)c1ccc(CCNC(=O)OCc2ccccc2)cc1. The molecule has 3 aromatic carbocycles. The van der Waals surface area contributed by atoms with Crippen molar-refractivity contribution >= 4 is 12.1 Å². The van der Waals surface area contributed by atoms with Crippen LogP contribution in [0.5, 0.6) is 0 Å². The Morgan fingerprint density at radius 1 is 0.844 bits per heavy atom. The van der Waals surface area contributed by atoms with Crippen molar-refractivity contribution in [2.75, 3.05) is 6.54 Å². The van der Waals surface area contributed by atoms with Gasteiger partial charge in [0.1, 0.15) is 12.7 Å². The van der Waals surface area contributed by atoms with E-state index in [1.54, 1.807) is 0 Å². The van der Waals surface area contributed by atoms with Crippen molar-refractivity contribution in [3.63, 3.8) is 0 Å². The number of aliphatic hydroxyl groups is 1. The third kappa shape index (κ3) is 6.96. The van der Waals surface area contributed by atoms with E-state index in [9.17, 15) is 14.7 Å². The molecule has 0 aliphatic heterocycles. The summed E-state index contributed by atoms with van der Waals surface area (Å²) in [5.74, 6) is -0.679. The number of ether oxygens (including phenoxy) is 2. The molecular weight excluding hydrogens is 406 g/mol. The van der Waals surface area contributed by atoms with E-state index in [-0.39, 0.29) is 6.61 Å². The second-order valence-corrected chi connectivity index (χ2v) is 7.38. The minimum Gasteiger partial charge on any atom is -0.451 e. The molecule has 0 fully saturated rings. The molecule has 2 atom stereocenters. The van der Waals surface area contributed by atoms with E-state index in [2.05, 4.69) is 5.32 Å². The van der Waals surface area contributed by atoms with E-state index < -0.39 is 24.3 Å². The number of amides is 1. The molecule has 1 amide bonds. The summed E-state index contributed by atoms with van der Waals surface area (Å²) in [6, 6.07) is 26.5. The van der Waals surface area contributed by atoms with E-state index in [0.717, 1.165) is 22.3 Å². The van der Waals surface area contributed by atoms with Gasteiger partial charge in [-0.1, -0.05) is 84.9 Å². The Kier molecular flexibility index (Phi) is 8.40. The number of carbonyl (C=O) groups is 2. The number of carbonyl (C=O) groups excluding carboxylic acids is 2. The fourth-order valence-electron chi connectivity index (χ4n) is 3.11. The summed E-state index contributed by atoms with van der Waals surface area (Å²) < 4.78 is 10.7. The lowest BCUT2D eigenvalue weighted by molar-refractivity contribution is -0.156. The topological polar surface area (TPSA) is 84.9 Å². The van der Waals surface area contributed by atoms with Gasteiger partial charge in [0.2, 0.25) is 0 Å². The number of benzene rings is 3. The standard InChI is InChI=1S/C26H27NO5/c1-19(28)25(29)32-24(22-10-6-3-7-11-22)23-14-12-20(13-15-23)16-17-27-26(30)31-18-21-8-4-2-5-9-21/h2-15,19,24,28H,16-18H2,1H3,(H,27,30). The maximum absolute atomic E-state index is 12.0. The number of nitrogens with one attached hydrogen (secondary N) is 1. The highest BCUT2D eigenvalue weighted by molar-refractivity contribution is 5.74. The van der Waals surface area contributed by atoms with Crippen LogP contribution >= 0.6 is 0 Å². The van der Waals surface area contributed by atoms with Crippen LogP contribution in [0.2, 0.25) is 0 Å². The number of alkyl carbamates (subject to hydrolysis) is 1. The number of aliphatic hydroxyl groups excluding tert-OH is 1. The zero-order valence-corrected chi connectivity index (χ0v) is 17.9. The third-order valence-electron chi connectivity index (χ3n) is 4.86. The Labute approximate surface area is 187 Å². The normalized spacial score (nSPS) is 12.4. The molecule has 2 N–H and O–H groups in total. The lowest BCUT2D eigenvalue weighted by Gasteiger charge is -2.20. The van der Waals surface area contributed by atoms with E-state index in [1.807, 2.05) is 84.9 Å². The Morgan fingerprint density at radius 2 is 1.44 bits per heavy atom. The molecule has 6 heteroatoms. The first-order valence-corrected chi connectivity index (χ1v) is 10.5. The second kappa shape index (κ2) is 11.7. The second-order valence-electron chi connectivity index (χ2n) is 7.38. The van der Waals surface area contributed by atoms with Crippen LogP contribution in [0, 0.1) is 0 Å². The van der Waals surface area contributed by atoms with Gasteiger partial charge in [0.05, 0.1) is 0 Å². The molecule has 0 saturated carbocycles. The summed E-state index contributed by atoms with van der Waals surface area (Å²) in [4.78, 5) is 23.9. The highest BCUT2D eigenvalue weighted by atomic mass is 16.6. The first-order chi connectivity index (χ1) is 15.5. The van der Waals surface area contributed by atoms with Gasteiger partial charge in [-0.05, 0) is 35.6 Å². The summed E-state index contributed by atoms with van der Waals surface area (Å²) in [6.07, 6.45) is -1.64. The number of esters is 1. The number of rotatable bonds is 9. The van der Waals surface area contributed by atoms with Crippen LogP contribution < -0.4 is 5.32 Å². The van der Waals surface area contributed by atoms with Gasteiger partial charge >= 0.3 is 12.1 Å². The van der Waals surface area contributed by atoms with Gasteiger partial charge in [0, 0.05) is 6.54 Å². The van der Waals surface area contributed by atoms with Crippen molar-refractivity contribution in [3.8, 4) is 0 Å². The van der Waals surface area contributed by atoms with Crippen molar-refractivity contribution in [1.29, 1.82) is 0 Å². The van der Waals surface area contributed by atoms with Crippen LogP contribution in [0.4, 0.5) is 4.79 Å². The lowest BCUT2D eigenvalue weighted by atomic mass is 9.99. The third-order valence-corrected chi connectivity index (χ3v) is 4.86. The molecule has 0 radical (unpaired) electrons. The van der Waals surface area contributed by atoms with Crippen LogP contribution in [0.1, 0.15) is 35.3 Å². The predicted molar refractivity (Wildman–Crippen MR) is 121 cm³/mol. The largest absolute Gasteiger partial charge is 0.451 e. The Balaban J connectivity index is 1.54. The average Bonchev–Trinajstić information content (AvgIpc) is 2.83. The highest BCUT2D eigenvalue weighted by Crippen LogP contribution is 2.27. The van der Waals surface area contributed by atoms with Crippen molar-refractivity contribution in [3.05, 3.63) is 107 Å². The molecule has 32 heavy (non-hydrogen) atoms. The minimum absolute atomic E-state index is 0.230. The van der Waals surface area contributed by atoms with Gasteiger partial charge in [0.25, 0.3) is 0 Å². The molecule has 0 aromatic heterocycles. The van der Waals surface area contributed by atoms with Crippen molar-refractivity contribution < 1.29 is 24.2 Å². The Bertz CT molecular complexity index is 988. The summed E-state index contributed by atoms with van der Waals surface area (Å²) >= 11 is 0. The molecule has 0 spiro atoms. The molecular formula is C26H27NO5. The zero-order valence-electron chi connectivity index (χ0n) is 17.9. The number of hydrogen-bond acceptors (Lipinski definition) is 5. The lowest BCUT2D eigenvalue weighted by Crippen LogP contribution is -2.26. The first kappa shape index (κ1) is 23.0. The molecule has 0 heterocycles. The maximum atomic E-state index is 12.0. The predicted octanol–water partition coefficient (Wildman–Crippen LogP) is 4.17. The molecule has 0 aliphatic carbocycles. The van der Waals surface area contributed by atoms with Gasteiger partial charge < -0.3 is 19.9 Å². The molecule has 2 unspecified atom stereocenters. The quantitative estimate of drug-likeness (QED) is 0.495. The van der Waals surface area contributed by atoms with E-state index in [1.165, 1.54) is 6.92 Å². The zero-order chi connectivity index (χ0) is 22.8. The molecule has 3 rings (SSSR count). The monoisotopic (exact) mass is 433 g/mol. The Morgan fingerprint density at radius 3 is 2.06 bits per heavy atom. The molecule has 0 bridgehead atoms. The van der Waals surface area contributed by atoms with E-state index >= 15 is 0 Å². The van der Waals surface area contributed by atoms with Crippen molar-refractivity contribution in [2.24, 2.45) is 0 Å². The summed E-state index contributed by atoms with van der Waals surface area (Å²) in [5, 5.41) is 12.3. The summed E-state index contributed by atoms with van der Waals surface area (Å²) in [6.45, 7) is 2.05. The van der Waals surface area contributed by atoms with Crippen LogP contribution in [0.15, 0.2) is 84.9 Å². The van der Waals surface area contributed by atoms with Gasteiger partial charge in [-0.2, -0.15) is 0 Å². The molecule has 0 aliphatic rings.